The van der Waals surface area contributed by atoms with E-state index >= 15 is 0 Å². The summed E-state index contributed by atoms with van der Waals surface area (Å²) in [4.78, 5) is 8.95. The van der Waals surface area contributed by atoms with Gasteiger partial charge in [0.25, 0.3) is 0 Å². The fraction of sp³-hybridized carbons (Fsp3) is 0.476. The molecule has 2 heterocycles. The minimum Gasteiger partial charge on any atom is -0.305 e. The van der Waals surface area contributed by atoms with Gasteiger partial charge >= 0.3 is 0 Å². The zero-order chi connectivity index (χ0) is 38.0. The van der Waals surface area contributed by atoms with Gasteiger partial charge in [-0.15, -0.1) is 23.8 Å². The molecule has 7 heteroatoms. The fourth-order valence-corrected chi connectivity index (χ4v) is 8.41. The van der Waals surface area contributed by atoms with E-state index in [2.05, 4.69) is 83.0 Å². The molecule has 0 unspecified atom stereocenters. The summed E-state index contributed by atoms with van der Waals surface area (Å²) in [6.07, 6.45) is 5.58. The van der Waals surface area contributed by atoms with Crippen molar-refractivity contribution in [2.45, 2.75) is 123 Å². The van der Waals surface area contributed by atoms with Crippen LogP contribution in [0.1, 0.15) is 87.9 Å². The summed E-state index contributed by atoms with van der Waals surface area (Å²) in [5.74, 6) is -0.167. The van der Waals surface area contributed by atoms with Crippen molar-refractivity contribution in [2.24, 2.45) is 11.8 Å². The second-order valence-corrected chi connectivity index (χ2v) is 24.5. The number of pyridine rings is 2. The normalized spacial score (nSPS) is 13.1. The number of nitrogens with zero attached hydrogens (tertiary/aromatic N) is 2. The van der Waals surface area contributed by atoms with Crippen molar-refractivity contribution in [1.82, 2.24) is 9.97 Å². The van der Waals surface area contributed by atoms with Crippen LogP contribution in [0.4, 0.5) is 8.78 Å². The molecule has 4 aromatic rings. The molecule has 0 aliphatic carbocycles. The van der Waals surface area contributed by atoms with E-state index in [9.17, 15) is 8.78 Å². The summed E-state index contributed by atoms with van der Waals surface area (Å²) in [7, 11) is -3.10. The van der Waals surface area contributed by atoms with Crippen molar-refractivity contribution >= 4 is 26.5 Å². The molecule has 0 bridgehead atoms. The molecular weight excluding hydrogens is 819 g/mol. The molecule has 49 heavy (non-hydrogen) atoms. The van der Waals surface area contributed by atoms with Crippen LogP contribution in [0.15, 0.2) is 54.9 Å². The Kier molecular flexibility index (Phi) is 17.0. The van der Waals surface area contributed by atoms with E-state index < -0.39 is 41.5 Å². The Morgan fingerprint density at radius 2 is 1.12 bits per heavy atom. The molecular formula is C42H67F2IrN2Si2-. The number of aryl methyl sites for hydroxylation is 2. The Morgan fingerprint density at radius 1 is 0.673 bits per heavy atom. The quantitative estimate of drug-likeness (QED) is 0.130. The van der Waals surface area contributed by atoms with Gasteiger partial charge in [0.2, 0.25) is 0 Å². The third kappa shape index (κ3) is 14.4. The molecule has 2 aromatic heterocycles. The Morgan fingerprint density at radius 3 is 1.53 bits per heavy atom. The number of hydrogen-bond donors (Lipinski definition) is 0. The molecule has 0 fully saturated rings. The zero-order valence-electron chi connectivity index (χ0n) is 34.2. The predicted molar refractivity (Wildman–Crippen MR) is 218 cm³/mol. The van der Waals surface area contributed by atoms with Crippen molar-refractivity contribution in [2.75, 3.05) is 0 Å². The van der Waals surface area contributed by atoms with E-state index in [0.717, 1.165) is 25.0 Å². The second-order valence-electron chi connectivity index (χ2n) is 14.5. The Labute approximate surface area is 324 Å². The first-order valence-electron chi connectivity index (χ1n) is 18.3. The standard InChI is InChI=1S/C19H26FNSi.C19H25FNSi.4CH4.Ir/c2*1-13(2)9-15-11-18(21-12-19(15)22(4,5)6)16-8-7-14(3)10-17(16)20;;;;;/h7-8,10-13H,9H2,1-6H3;7,10-13H,9H2,1-6H3;4*1H4;/q;-1;;;;;/i2*3D3;;;;;. The molecule has 1 radical (unpaired) electrons. The Balaban J connectivity index is -0.000000901. The molecule has 0 saturated heterocycles. The SMILES string of the molecule is C.C.C.C.[2H]C([2H])([2H])c1c[c-]c(-c2cc(CC(C)C)c([Si](C)(C)C)cn2)c(F)c1.[2H]C([2H])([2H])c1ccc(-c2cc(CC(C)C)c([Si](C)(C)C)cn2)c(F)c1.[Ir]. The van der Waals surface area contributed by atoms with Crippen molar-refractivity contribution in [3.8, 4) is 22.5 Å². The van der Waals surface area contributed by atoms with Crippen LogP contribution in [0.25, 0.3) is 22.5 Å². The van der Waals surface area contributed by atoms with Crippen LogP contribution in [0, 0.1) is 43.2 Å². The first-order valence-corrected chi connectivity index (χ1v) is 22.3. The predicted octanol–water partition coefficient (Wildman–Crippen LogP) is 12.2. The summed E-state index contributed by atoms with van der Waals surface area (Å²) in [5, 5.41) is 2.58. The van der Waals surface area contributed by atoms with E-state index in [1.54, 1.807) is 0 Å². The van der Waals surface area contributed by atoms with Crippen molar-refractivity contribution in [3.63, 3.8) is 0 Å². The molecule has 4 rings (SSSR count). The fourth-order valence-electron chi connectivity index (χ4n) is 5.23. The maximum atomic E-state index is 14.5. The summed E-state index contributed by atoms with van der Waals surface area (Å²) in [5.41, 5.74) is 4.02. The van der Waals surface area contributed by atoms with Gasteiger partial charge in [0.15, 0.2) is 0 Å². The van der Waals surface area contributed by atoms with Crippen molar-refractivity contribution < 1.29 is 37.1 Å². The molecule has 0 amide bonds. The molecule has 0 atom stereocenters. The largest absolute Gasteiger partial charge is 0.305 e. The van der Waals surface area contributed by atoms with Gasteiger partial charge in [-0.3, -0.25) is 9.37 Å². The monoisotopic (exact) mass is 892 g/mol. The number of halogens is 2. The maximum Gasteiger partial charge on any atom is 0.132 e. The van der Waals surface area contributed by atoms with Crippen molar-refractivity contribution in [1.29, 1.82) is 0 Å². The van der Waals surface area contributed by atoms with Gasteiger partial charge in [-0.05, 0) is 76.9 Å². The van der Waals surface area contributed by atoms with Gasteiger partial charge in [-0.1, -0.05) is 127 Å². The molecule has 0 aliphatic rings. The smallest absolute Gasteiger partial charge is 0.132 e. The number of aromatic nitrogens is 2. The van der Waals surface area contributed by atoms with Crippen LogP contribution in [0.5, 0.6) is 0 Å². The molecule has 0 aliphatic heterocycles. The average Bonchev–Trinajstić information content (AvgIpc) is 2.94. The number of benzene rings is 2. The Hall–Kier alpha value is -2.32. The summed E-state index contributed by atoms with van der Waals surface area (Å²) in [6.45, 7) is 17.6. The van der Waals surface area contributed by atoms with Gasteiger partial charge in [0, 0.05) is 52.1 Å². The molecule has 277 valence electrons. The molecule has 2 nitrogen and oxygen atoms in total. The van der Waals surface area contributed by atoms with Gasteiger partial charge in [0.1, 0.15) is 5.82 Å². The van der Waals surface area contributed by atoms with Crippen molar-refractivity contribution in [3.05, 3.63) is 94.8 Å². The van der Waals surface area contributed by atoms with Crippen LogP contribution in [-0.4, -0.2) is 26.1 Å². The third-order valence-electron chi connectivity index (χ3n) is 7.25. The minimum absolute atomic E-state index is 0. The average molecular weight is 892 g/mol. The van der Waals surface area contributed by atoms with Crippen LogP contribution in [-0.2, 0) is 32.9 Å². The van der Waals surface area contributed by atoms with Gasteiger partial charge in [-0.25, -0.2) is 4.39 Å². The first kappa shape index (κ1) is 39.5. The molecule has 0 spiro atoms. The summed E-state index contributed by atoms with van der Waals surface area (Å²) >= 11 is 0. The van der Waals surface area contributed by atoms with Crippen LogP contribution >= 0.6 is 0 Å². The van der Waals surface area contributed by atoms with E-state index in [-0.39, 0.29) is 66.5 Å². The van der Waals surface area contributed by atoms with E-state index in [1.807, 2.05) is 24.5 Å². The number of hydrogen-bond acceptors (Lipinski definition) is 2. The van der Waals surface area contributed by atoms with Crippen LogP contribution in [0.3, 0.4) is 0 Å². The van der Waals surface area contributed by atoms with Gasteiger partial charge < -0.3 is 4.98 Å². The Bertz CT molecular complexity index is 1670. The molecule has 2 aromatic carbocycles. The van der Waals surface area contributed by atoms with E-state index in [1.165, 1.54) is 39.7 Å². The van der Waals surface area contributed by atoms with Crippen LogP contribution < -0.4 is 10.4 Å². The summed E-state index contributed by atoms with van der Waals surface area (Å²) in [6, 6.07) is 13.2. The minimum atomic E-state index is -2.34. The van der Waals surface area contributed by atoms with E-state index in [0.29, 0.717) is 28.8 Å². The molecule has 0 N–H and O–H groups in total. The van der Waals surface area contributed by atoms with E-state index in [4.69, 9.17) is 8.22 Å². The topological polar surface area (TPSA) is 25.8 Å². The maximum absolute atomic E-state index is 14.5. The third-order valence-corrected chi connectivity index (χ3v) is 11.4. The van der Waals surface area contributed by atoms with Crippen LogP contribution in [0.2, 0.25) is 39.3 Å². The number of rotatable bonds is 8. The summed E-state index contributed by atoms with van der Waals surface area (Å²) < 4.78 is 73.4. The van der Waals surface area contributed by atoms with Gasteiger partial charge in [-0.2, -0.15) is 0 Å². The second kappa shape index (κ2) is 21.1. The van der Waals surface area contributed by atoms with Gasteiger partial charge in [0.05, 0.1) is 21.8 Å². The zero-order valence-corrected chi connectivity index (χ0v) is 32.6. The first-order chi connectivity index (χ1) is 22.8. The molecule has 0 saturated carbocycles.